The molecule has 6 heteroatoms. The summed E-state index contributed by atoms with van der Waals surface area (Å²) in [5.74, 6) is 8.33. The number of rotatable bonds is 15. The molecule has 5 nitrogen and oxygen atoms in total. The maximum Gasteiger partial charge on any atom is 0.192 e. The lowest BCUT2D eigenvalue weighted by Crippen LogP contribution is -2.44. The Hall–Kier alpha value is -1.78. The molecular formula is C31H52O5Si. The van der Waals surface area contributed by atoms with Gasteiger partial charge < -0.3 is 23.4 Å². The first kappa shape index (κ1) is 33.2. The van der Waals surface area contributed by atoms with E-state index in [1.807, 2.05) is 0 Å². The SMILES string of the molecule is CCCCCc1cc(OCOC)c(C#C[C@@H](CC=C(C)C)[C@H](C)O[Si](C)(C)C(C)(C)C)c(OCOC)c1. The molecule has 0 aromatic heterocycles. The van der Waals surface area contributed by atoms with Crippen molar-refractivity contribution in [2.24, 2.45) is 5.92 Å². The summed E-state index contributed by atoms with van der Waals surface area (Å²) < 4.78 is 29.2. The summed E-state index contributed by atoms with van der Waals surface area (Å²) in [5, 5.41) is 0.131. The fourth-order valence-corrected chi connectivity index (χ4v) is 5.03. The van der Waals surface area contributed by atoms with Crippen molar-refractivity contribution < 1.29 is 23.4 Å². The van der Waals surface area contributed by atoms with Gasteiger partial charge in [0.05, 0.1) is 6.10 Å². The van der Waals surface area contributed by atoms with E-state index in [0.717, 1.165) is 30.4 Å². The minimum atomic E-state index is -1.95. The molecule has 0 saturated carbocycles. The first-order valence-electron chi connectivity index (χ1n) is 13.6. The van der Waals surface area contributed by atoms with Crippen molar-refractivity contribution in [2.45, 2.75) is 105 Å². The molecule has 0 radical (unpaired) electrons. The third-order valence-electron chi connectivity index (χ3n) is 6.88. The molecule has 2 atom stereocenters. The molecule has 0 aliphatic rings. The van der Waals surface area contributed by atoms with Crippen molar-refractivity contribution in [1.82, 2.24) is 0 Å². The lowest BCUT2D eigenvalue weighted by atomic mass is 9.97. The summed E-state index contributed by atoms with van der Waals surface area (Å²) in [6, 6.07) is 4.14. The lowest BCUT2D eigenvalue weighted by molar-refractivity contribution is 0.0455. The second-order valence-electron chi connectivity index (χ2n) is 11.5. The molecule has 0 heterocycles. The van der Waals surface area contributed by atoms with Crippen LogP contribution in [0.15, 0.2) is 23.8 Å². The number of ether oxygens (including phenoxy) is 4. The van der Waals surface area contributed by atoms with Crippen LogP contribution in [0.4, 0.5) is 0 Å². The number of allylic oxidation sites excluding steroid dienone is 2. The Morgan fingerprint density at radius 1 is 1.00 bits per heavy atom. The minimum Gasteiger partial charge on any atom is -0.466 e. The van der Waals surface area contributed by atoms with E-state index in [2.05, 4.69) is 91.6 Å². The Morgan fingerprint density at radius 3 is 2.03 bits per heavy atom. The van der Waals surface area contributed by atoms with Gasteiger partial charge in [-0.05, 0) is 75.9 Å². The van der Waals surface area contributed by atoms with E-state index >= 15 is 0 Å². The Balaban J connectivity index is 3.51. The molecule has 0 N–H and O–H groups in total. The Kier molecular flexibility index (Phi) is 14.6. The summed E-state index contributed by atoms with van der Waals surface area (Å²) >= 11 is 0. The fourth-order valence-electron chi connectivity index (χ4n) is 3.58. The zero-order valence-electron chi connectivity index (χ0n) is 25.4. The van der Waals surface area contributed by atoms with Gasteiger partial charge in [0.25, 0.3) is 0 Å². The van der Waals surface area contributed by atoms with Gasteiger partial charge in [-0.1, -0.05) is 64.0 Å². The summed E-state index contributed by atoms with van der Waals surface area (Å²) in [6.45, 7) is 20.3. The highest BCUT2D eigenvalue weighted by Gasteiger charge is 2.39. The smallest absolute Gasteiger partial charge is 0.192 e. The molecule has 0 aliphatic heterocycles. The van der Waals surface area contributed by atoms with Crippen molar-refractivity contribution in [3.63, 3.8) is 0 Å². The molecule has 210 valence electrons. The zero-order chi connectivity index (χ0) is 28.1. The van der Waals surface area contributed by atoms with Gasteiger partial charge in [-0.25, -0.2) is 0 Å². The summed E-state index contributed by atoms with van der Waals surface area (Å²) in [6.07, 6.45) is 7.48. The lowest BCUT2D eigenvalue weighted by Gasteiger charge is -2.39. The molecule has 1 rings (SSSR count). The van der Waals surface area contributed by atoms with Crippen LogP contribution in [0.25, 0.3) is 0 Å². The van der Waals surface area contributed by atoms with Crippen LogP contribution < -0.4 is 9.47 Å². The van der Waals surface area contributed by atoms with E-state index in [9.17, 15) is 0 Å². The van der Waals surface area contributed by atoms with Crippen molar-refractivity contribution in [3.05, 3.63) is 34.9 Å². The first-order valence-corrected chi connectivity index (χ1v) is 16.5. The summed E-state index contributed by atoms with van der Waals surface area (Å²) in [4.78, 5) is 0. The van der Waals surface area contributed by atoms with Crippen molar-refractivity contribution in [2.75, 3.05) is 27.8 Å². The van der Waals surface area contributed by atoms with Crippen molar-refractivity contribution in [3.8, 4) is 23.3 Å². The Morgan fingerprint density at radius 2 is 1.57 bits per heavy atom. The molecular weight excluding hydrogens is 480 g/mol. The molecule has 0 bridgehead atoms. The average Bonchev–Trinajstić information content (AvgIpc) is 2.80. The minimum absolute atomic E-state index is 0.0102. The second kappa shape index (κ2) is 16.2. The van der Waals surface area contributed by atoms with Gasteiger partial charge in [-0.15, -0.1) is 0 Å². The van der Waals surface area contributed by atoms with Gasteiger partial charge in [0, 0.05) is 20.1 Å². The number of aryl methyl sites for hydroxylation is 1. The highest BCUT2D eigenvalue weighted by molar-refractivity contribution is 6.74. The molecule has 0 amide bonds. The van der Waals surface area contributed by atoms with Gasteiger partial charge in [0.15, 0.2) is 21.9 Å². The highest BCUT2D eigenvalue weighted by Crippen LogP contribution is 2.38. The summed E-state index contributed by atoms with van der Waals surface area (Å²) in [7, 11) is 1.29. The quantitative estimate of drug-likeness (QED) is 0.0750. The molecule has 37 heavy (non-hydrogen) atoms. The number of hydrogen-bond acceptors (Lipinski definition) is 5. The molecule has 0 aliphatic carbocycles. The normalized spacial score (nSPS) is 13.4. The molecule has 0 unspecified atom stereocenters. The number of methoxy groups -OCH3 is 2. The van der Waals surface area contributed by atoms with E-state index in [1.165, 1.54) is 18.4 Å². The highest BCUT2D eigenvalue weighted by atomic mass is 28.4. The van der Waals surface area contributed by atoms with Crippen LogP contribution in [0, 0.1) is 17.8 Å². The standard InChI is InChI=1S/C31H52O5Si/c1-12-13-14-15-26-20-29(34-22-32-8)28(30(21-26)35-23-33-9)19-18-27(17-16-24(2)3)25(4)36-37(10,11)31(5,6)7/h16,20-21,25,27H,12-15,17,22-23H2,1-11H3/t25-,27+/m0/s1. The monoisotopic (exact) mass is 532 g/mol. The molecule has 0 fully saturated rings. The number of hydrogen-bond donors (Lipinski definition) is 0. The number of benzene rings is 1. The van der Waals surface area contributed by atoms with E-state index in [-0.39, 0.29) is 30.6 Å². The van der Waals surface area contributed by atoms with Crippen LogP contribution in [0.5, 0.6) is 11.5 Å². The van der Waals surface area contributed by atoms with E-state index < -0.39 is 8.32 Å². The van der Waals surface area contributed by atoms with Crippen LogP contribution in [0.2, 0.25) is 18.1 Å². The Bertz CT molecular complexity index is 871. The van der Waals surface area contributed by atoms with E-state index in [4.69, 9.17) is 23.4 Å². The fraction of sp³-hybridized carbons (Fsp3) is 0.677. The Labute approximate surface area is 228 Å². The average molecular weight is 533 g/mol. The van der Waals surface area contributed by atoms with Crippen molar-refractivity contribution in [1.29, 1.82) is 0 Å². The number of unbranched alkanes of at least 4 members (excludes halogenated alkanes) is 2. The van der Waals surface area contributed by atoms with Gasteiger partial charge in [0.1, 0.15) is 17.1 Å². The predicted octanol–water partition coefficient (Wildman–Crippen LogP) is 8.12. The van der Waals surface area contributed by atoms with Gasteiger partial charge in [-0.3, -0.25) is 0 Å². The van der Waals surface area contributed by atoms with Crippen molar-refractivity contribution >= 4 is 8.32 Å². The van der Waals surface area contributed by atoms with Gasteiger partial charge in [0.2, 0.25) is 0 Å². The van der Waals surface area contributed by atoms with Gasteiger partial charge >= 0.3 is 0 Å². The maximum absolute atomic E-state index is 6.75. The molecule has 1 aromatic carbocycles. The largest absolute Gasteiger partial charge is 0.466 e. The molecule has 1 aromatic rings. The summed E-state index contributed by atoms with van der Waals surface area (Å²) in [5.41, 5.74) is 3.15. The zero-order valence-corrected chi connectivity index (χ0v) is 26.4. The third kappa shape index (κ3) is 11.6. The first-order chi connectivity index (χ1) is 17.4. The molecule has 0 spiro atoms. The topological polar surface area (TPSA) is 46.2 Å². The van der Waals surface area contributed by atoms with E-state index in [1.54, 1.807) is 14.2 Å². The van der Waals surface area contributed by atoms with Gasteiger partial charge in [-0.2, -0.15) is 0 Å². The van der Waals surface area contributed by atoms with Crippen LogP contribution in [-0.4, -0.2) is 42.2 Å². The third-order valence-corrected chi connectivity index (χ3v) is 11.4. The predicted molar refractivity (Wildman–Crippen MR) is 157 cm³/mol. The van der Waals surface area contributed by atoms with Crippen LogP contribution >= 0.6 is 0 Å². The van der Waals surface area contributed by atoms with Crippen LogP contribution in [0.3, 0.4) is 0 Å². The maximum atomic E-state index is 6.75. The van der Waals surface area contributed by atoms with E-state index in [0.29, 0.717) is 11.5 Å². The van der Waals surface area contributed by atoms with Crippen LogP contribution in [0.1, 0.15) is 85.3 Å². The molecule has 0 saturated heterocycles. The van der Waals surface area contributed by atoms with Crippen LogP contribution in [-0.2, 0) is 20.3 Å². The second-order valence-corrected chi connectivity index (χ2v) is 16.3.